The van der Waals surface area contributed by atoms with Gasteiger partial charge in [0.05, 0.1) is 0 Å². The van der Waals surface area contributed by atoms with Gasteiger partial charge in [-0.1, -0.05) is 54.6 Å². The average molecular weight is 586 g/mol. The van der Waals surface area contributed by atoms with Gasteiger partial charge in [0.2, 0.25) is 5.91 Å². The number of ether oxygens (including phenoxy) is 1. The third-order valence-corrected chi connectivity index (χ3v) is 7.11. The Balaban J connectivity index is 2.10. The Morgan fingerprint density at radius 3 is 2.12 bits per heavy atom. The summed E-state index contributed by atoms with van der Waals surface area (Å²) in [6, 6.07) is 15.7. The van der Waals surface area contributed by atoms with Gasteiger partial charge in [-0.3, -0.25) is 9.59 Å². The molecule has 0 aromatic heterocycles. The van der Waals surface area contributed by atoms with E-state index in [1.165, 1.54) is 17.0 Å². The molecule has 0 fully saturated rings. The highest BCUT2D eigenvalue weighted by molar-refractivity contribution is 6.00. The number of aryl methyl sites for hydroxylation is 4. The lowest BCUT2D eigenvalue weighted by atomic mass is 9.97. The van der Waals surface area contributed by atoms with Crippen LogP contribution in [-0.2, 0) is 20.7 Å². The molecule has 0 radical (unpaired) electrons. The molecule has 0 aliphatic carbocycles. The van der Waals surface area contributed by atoms with E-state index in [4.69, 9.17) is 4.74 Å². The van der Waals surface area contributed by atoms with Crippen molar-refractivity contribution in [2.45, 2.75) is 72.6 Å². The third kappa shape index (κ3) is 8.95. The summed E-state index contributed by atoms with van der Waals surface area (Å²) in [7, 11) is 0. The summed E-state index contributed by atoms with van der Waals surface area (Å²) < 4.78 is 5.48. The molecule has 2 atom stereocenters. The number of anilines is 1. The van der Waals surface area contributed by atoms with Gasteiger partial charge in [-0.2, -0.15) is 0 Å². The van der Waals surface area contributed by atoms with Crippen LogP contribution in [0.1, 0.15) is 60.2 Å². The Morgan fingerprint density at radius 2 is 1.56 bits per heavy atom. The van der Waals surface area contributed by atoms with Crippen LogP contribution in [0.2, 0.25) is 0 Å². The maximum atomic E-state index is 14.4. The zero-order valence-electron chi connectivity index (χ0n) is 26.2. The number of nitrogens with one attached hydrogen (secondary N) is 2. The molecule has 0 heterocycles. The number of benzene rings is 3. The lowest BCUT2D eigenvalue weighted by Gasteiger charge is -2.34. The molecule has 3 aromatic carbocycles. The fourth-order valence-corrected chi connectivity index (χ4v) is 4.79. The van der Waals surface area contributed by atoms with E-state index in [-0.39, 0.29) is 18.7 Å². The SMILES string of the molecule is C=CCN(C(=O)C(Cc1ccc(O)cc1)NC(=O)OC(C)(C)C)C(C(=O)Nc1c(C)cccc1C)c1ccc(C)c(C)c1. The van der Waals surface area contributed by atoms with Crippen LogP contribution in [0.3, 0.4) is 0 Å². The molecule has 0 aliphatic rings. The maximum absolute atomic E-state index is 14.4. The second kappa shape index (κ2) is 14.1. The minimum Gasteiger partial charge on any atom is -0.508 e. The lowest BCUT2D eigenvalue weighted by molar-refractivity contribution is -0.140. The van der Waals surface area contributed by atoms with Crippen molar-refractivity contribution in [2.75, 3.05) is 11.9 Å². The predicted octanol–water partition coefficient (Wildman–Crippen LogP) is 6.46. The summed E-state index contributed by atoms with van der Waals surface area (Å²) in [6.07, 6.45) is 0.902. The second-order valence-electron chi connectivity index (χ2n) is 11.9. The standard InChI is InChI=1S/C35H43N3O5/c1-9-19-38(33(41)29(36-34(42)43-35(6,7)8)21-26-14-17-28(39)18-15-26)31(27-16-13-22(2)25(5)20-27)32(40)37-30-23(3)11-10-12-24(30)4/h9-18,20,29,31,39H,1,19,21H2,2-8H3,(H,36,42)(H,37,40). The first kappa shape index (κ1) is 32.9. The predicted molar refractivity (Wildman–Crippen MR) is 170 cm³/mol. The number of carbonyl (C=O) groups excluding carboxylic acids is 3. The number of hydrogen-bond acceptors (Lipinski definition) is 5. The number of para-hydroxylation sites is 1. The van der Waals surface area contributed by atoms with Gasteiger partial charge in [-0.25, -0.2) is 4.79 Å². The number of nitrogens with zero attached hydrogens (tertiary/aromatic N) is 1. The van der Waals surface area contributed by atoms with Gasteiger partial charge in [0, 0.05) is 18.7 Å². The van der Waals surface area contributed by atoms with Crippen LogP contribution >= 0.6 is 0 Å². The fraction of sp³-hybridized carbons (Fsp3) is 0.343. The minimum absolute atomic E-state index is 0.0404. The number of alkyl carbamates (subject to hydrolysis) is 1. The highest BCUT2D eigenvalue weighted by atomic mass is 16.6. The summed E-state index contributed by atoms with van der Waals surface area (Å²) in [5.41, 5.74) is 5.04. The summed E-state index contributed by atoms with van der Waals surface area (Å²) in [4.78, 5) is 43.0. The summed E-state index contributed by atoms with van der Waals surface area (Å²) >= 11 is 0. The van der Waals surface area contributed by atoms with E-state index in [1.807, 2.05) is 64.1 Å². The molecule has 0 saturated carbocycles. The van der Waals surface area contributed by atoms with E-state index in [1.54, 1.807) is 39.0 Å². The number of carbonyl (C=O) groups is 3. The van der Waals surface area contributed by atoms with Gasteiger partial charge in [0.1, 0.15) is 23.4 Å². The molecule has 0 saturated heterocycles. The second-order valence-corrected chi connectivity index (χ2v) is 11.9. The molecule has 3 N–H and O–H groups in total. The molecule has 2 unspecified atom stereocenters. The molecule has 3 amide bonds. The molecule has 228 valence electrons. The number of hydrogen-bond donors (Lipinski definition) is 3. The van der Waals surface area contributed by atoms with Gasteiger partial charge in [-0.05, 0) is 94.0 Å². The van der Waals surface area contributed by atoms with Gasteiger partial charge in [0.25, 0.3) is 5.91 Å². The van der Waals surface area contributed by atoms with Crippen LogP contribution in [0, 0.1) is 27.7 Å². The smallest absolute Gasteiger partial charge is 0.408 e. The van der Waals surface area contributed by atoms with Crippen LogP contribution in [0.4, 0.5) is 10.5 Å². The molecule has 3 rings (SSSR count). The molecular weight excluding hydrogens is 542 g/mol. The van der Waals surface area contributed by atoms with E-state index in [0.29, 0.717) is 16.8 Å². The zero-order chi connectivity index (χ0) is 31.9. The molecular formula is C35H43N3O5. The van der Waals surface area contributed by atoms with E-state index in [9.17, 15) is 19.5 Å². The third-order valence-electron chi connectivity index (χ3n) is 7.11. The quantitative estimate of drug-likeness (QED) is 0.237. The van der Waals surface area contributed by atoms with E-state index < -0.39 is 35.6 Å². The summed E-state index contributed by atoms with van der Waals surface area (Å²) in [5, 5.41) is 15.6. The Labute approximate surface area is 254 Å². The van der Waals surface area contributed by atoms with Crippen molar-refractivity contribution in [1.29, 1.82) is 0 Å². The first-order valence-electron chi connectivity index (χ1n) is 14.3. The molecule has 3 aromatic rings. The van der Waals surface area contributed by atoms with Gasteiger partial charge in [0.15, 0.2) is 0 Å². The zero-order valence-corrected chi connectivity index (χ0v) is 26.2. The van der Waals surface area contributed by atoms with Gasteiger partial charge < -0.3 is 25.4 Å². The monoisotopic (exact) mass is 585 g/mol. The number of rotatable bonds is 10. The maximum Gasteiger partial charge on any atom is 0.408 e. The van der Waals surface area contributed by atoms with Crippen molar-refractivity contribution >= 4 is 23.6 Å². The average Bonchev–Trinajstić information content (AvgIpc) is 2.92. The normalized spacial score (nSPS) is 12.5. The molecule has 0 spiro atoms. The van der Waals surface area contributed by atoms with Crippen molar-refractivity contribution in [2.24, 2.45) is 0 Å². The van der Waals surface area contributed by atoms with E-state index in [2.05, 4.69) is 17.2 Å². The summed E-state index contributed by atoms with van der Waals surface area (Å²) in [5.74, 6) is -0.798. The number of phenolic OH excluding ortho intramolecular Hbond substituents is 1. The fourth-order valence-electron chi connectivity index (χ4n) is 4.79. The largest absolute Gasteiger partial charge is 0.508 e. The van der Waals surface area contributed by atoms with Crippen molar-refractivity contribution in [3.63, 3.8) is 0 Å². The van der Waals surface area contributed by atoms with E-state index in [0.717, 1.165) is 22.3 Å². The van der Waals surface area contributed by atoms with Crippen LogP contribution in [0.15, 0.2) is 73.3 Å². The highest BCUT2D eigenvalue weighted by Gasteiger charge is 2.36. The molecule has 0 bridgehead atoms. The van der Waals surface area contributed by atoms with Crippen molar-refractivity contribution in [3.8, 4) is 5.75 Å². The van der Waals surface area contributed by atoms with Crippen LogP contribution < -0.4 is 10.6 Å². The molecule has 8 heteroatoms. The number of amides is 3. The number of phenols is 1. The molecule has 0 aliphatic heterocycles. The molecule has 43 heavy (non-hydrogen) atoms. The van der Waals surface area contributed by atoms with Crippen LogP contribution in [-0.4, -0.2) is 46.1 Å². The van der Waals surface area contributed by atoms with Crippen molar-refractivity contribution in [3.05, 3.63) is 107 Å². The van der Waals surface area contributed by atoms with E-state index >= 15 is 0 Å². The Hall–Kier alpha value is -4.59. The topological polar surface area (TPSA) is 108 Å². The Kier molecular flexibility index (Phi) is 10.8. The summed E-state index contributed by atoms with van der Waals surface area (Å²) in [6.45, 7) is 16.9. The first-order chi connectivity index (χ1) is 20.2. The lowest BCUT2D eigenvalue weighted by Crippen LogP contribution is -2.53. The molecule has 8 nitrogen and oxygen atoms in total. The number of aromatic hydroxyl groups is 1. The Bertz CT molecular complexity index is 1450. The van der Waals surface area contributed by atoms with Gasteiger partial charge in [-0.15, -0.1) is 6.58 Å². The Morgan fingerprint density at radius 1 is 0.930 bits per heavy atom. The highest BCUT2D eigenvalue weighted by Crippen LogP contribution is 2.28. The van der Waals surface area contributed by atoms with Crippen molar-refractivity contribution in [1.82, 2.24) is 10.2 Å². The van der Waals surface area contributed by atoms with Gasteiger partial charge >= 0.3 is 6.09 Å². The van der Waals surface area contributed by atoms with Crippen molar-refractivity contribution < 1.29 is 24.2 Å². The first-order valence-corrected chi connectivity index (χ1v) is 14.3. The van der Waals surface area contributed by atoms with Crippen LogP contribution in [0.25, 0.3) is 0 Å². The van der Waals surface area contributed by atoms with Crippen LogP contribution in [0.5, 0.6) is 5.75 Å². The minimum atomic E-state index is -1.08.